The Morgan fingerprint density at radius 1 is 1.35 bits per heavy atom. The van der Waals surface area contributed by atoms with Crippen molar-refractivity contribution in [1.29, 1.82) is 0 Å². The first-order valence-electron chi connectivity index (χ1n) is 8.11. The fourth-order valence-electron chi connectivity index (χ4n) is 3.01. The van der Waals surface area contributed by atoms with Crippen molar-refractivity contribution in [2.45, 2.75) is 31.5 Å². The van der Waals surface area contributed by atoms with Crippen LogP contribution in [-0.4, -0.2) is 28.8 Å². The molecule has 3 rings (SSSR count). The van der Waals surface area contributed by atoms with Crippen LogP contribution in [0.2, 0.25) is 0 Å². The first kappa shape index (κ1) is 18.0. The Bertz CT molecular complexity index is 809. The molecule has 1 aromatic carbocycles. The topological polar surface area (TPSA) is 71.5 Å². The van der Waals surface area contributed by atoms with Gasteiger partial charge in [0.15, 0.2) is 6.61 Å². The predicted molar refractivity (Wildman–Crippen MR) is 87.0 cm³/mol. The molecule has 0 aliphatic heterocycles. The van der Waals surface area contributed by atoms with E-state index in [1.807, 2.05) is 6.07 Å². The Hall–Kier alpha value is -2.77. The lowest BCUT2D eigenvalue weighted by molar-refractivity contribution is -0.154. The molecule has 0 radical (unpaired) electrons. The maximum atomic E-state index is 12.5. The van der Waals surface area contributed by atoms with Gasteiger partial charge in [-0.05, 0) is 42.5 Å². The number of aromatic nitrogens is 1. The van der Waals surface area contributed by atoms with Gasteiger partial charge in [0.25, 0.3) is 5.91 Å². The molecule has 5 nitrogen and oxygen atoms in total. The minimum atomic E-state index is -4.48. The Morgan fingerprint density at radius 2 is 2.15 bits per heavy atom. The number of phenolic OH excluding ortho intramolecular Hbond substituents is 1. The summed E-state index contributed by atoms with van der Waals surface area (Å²) >= 11 is 0. The van der Waals surface area contributed by atoms with Crippen LogP contribution in [-0.2, 0) is 6.42 Å². The number of alkyl halides is 3. The lowest BCUT2D eigenvalue weighted by atomic mass is 9.87. The highest BCUT2D eigenvalue weighted by Gasteiger charge is 2.29. The van der Waals surface area contributed by atoms with Crippen molar-refractivity contribution in [3.05, 3.63) is 53.2 Å². The number of rotatable bonds is 4. The Balaban J connectivity index is 1.73. The summed E-state index contributed by atoms with van der Waals surface area (Å²) in [5.74, 6) is -0.504. The Kier molecular flexibility index (Phi) is 5.01. The first-order valence-corrected chi connectivity index (χ1v) is 8.11. The number of nitrogens with one attached hydrogen (secondary N) is 1. The average Bonchev–Trinajstić information content (AvgIpc) is 2.60. The van der Waals surface area contributed by atoms with Gasteiger partial charge in [-0.1, -0.05) is 12.1 Å². The van der Waals surface area contributed by atoms with Crippen LogP contribution in [0.5, 0.6) is 11.6 Å². The summed E-state index contributed by atoms with van der Waals surface area (Å²) in [5.41, 5.74) is 1.82. The zero-order chi connectivity index (χ0) is 18.7. The van der Waals surface area contributed by atoms with E-state index in [2.05, 4.69) is 15.0 Å². The monoisotopic (exact) mass is 366 g/mol. The number of fused-ring (bicyclic) bond motifs is 1. The number of hydrogen-bond acceptors (Lipinski definition) is 4. The van der Waals surface area contributed by atoms with Gasteiger partial charge in [0.2, 0.25) is 5.88 Å². The Labute approximate surface area is 147 Å². The standard InChI is InChI=1S/C18H17F3N2O3/c19-18(20,21)10-26-16-9-11(7-8-22-16)17(25)23-14-5-1-4-13-12(14)3-2-6-15(13)24/h2-3,6-9,14,24H,1,4-5,10H2,(H,23,25). The normalized spacial score (nSPS) is 16.7. The molecule has 1 aliphatic carbocycles. The molecule has 8 heteroatoms. The lowest BCUT2D eigenvalue weighted by Gasteiger charge is -2.27. The van der Waals surface area contributed by atoms with Crippen LogP contribution in [0.25, 0.3) is 0 Å². The van der Waals surface area contributed by atoms with Crippen molar-refractivity contribution in [3.8, 4) is 11.6 Å². The summed E-state index contributed by atoms with van der Waals surface area (Å²) in [6.45, 7) is -1.47. The molecular formula is C18H17F3N2O3. The molecule has 1 atom stereocenters. The van der Waals surface area contributed by atoms with Crippen LogP contribution in [0.15, 0.2) is 36.5 Å². The number of carbonyl (C=O) groups is 1. The fraction of sp³-hybridized carbons (Fsp3) is 0.333. The second-order valence-corrected chi connectivity index (χ2v) is 6.05. The van der Waals surface area contributed by atoms with E-state index in [9.17, 15) is 23.1 Å². The van der Waals surface area contributed by atoms with E-state index in [4.69, 9.17) is 0 Å². The smallest absolute Gasteiger partial charge is 0.422 e. The molecule has 1 amide bonds. The number of benzene rings is 1. The minimum absolute atomic E-state index is 0.157. The number of amides is 1. The second-order valence-electron chi connectivity index (χ2n) is 6.05. The first-order chi connectivity index (χ1) is 12.3. The summed E-state index contributed by atoms with van der Waals surface area (Å²) in [6, 6.07) is 7.48. The highest BCUT2D eigenvalue weighted by atomic mass is 19.4. The summed E-state index contributed by atoms with van der Waals surface area (Å²) in [5, 5.41) is 12.8. The minimum Gasteiger partial charge on any atom is -0.508 e. The SMILES string of the molecule is O=C(NC1CCCc2c(O)cccc21)c1ccnc(OCC(F)(F)F)c1. The number of pyridine rings is 1. The highest BCUT2D eigenvalue weighted by molar-refractivity contribution is 5.94. The second kappa shape index (κ2) is 7.23. The largest absolute Gasteiger partial charge is 0.508 e. The van der Waals surface area contributed by atoms with E-state index in [1.165, 1.54) is 18.3 Å². The number of hydrogen-bond donors (Lipinski definition) is 2. The van der Waals surface area contributed by atoms with Gasteiger partial charge in [-0.25, -0.2) is 4.98 Å². The number of phenols is 1. The lowest BCUT2D eigenvalue weighted by Crippen LogP contribution is -2.31. The summed E-state index contributed by atoms with van der Waals surface area (Å²) in [4.78, 5) is 16.2. The van der Waals surface area contributed by atoms with Crippen molar-refractivity contribution in [2.75, 3.05) is 6.61 Å². The van der Waals surface area contributed by atoms with E-state index in [1.54, 1.807) is 12.1 Å². The van der Waals surface area contributed by atoms with Crippen molar-refractivity contribution in [3.63, 3.8) is 0 Å². The molecule has 0 saturated heterocycles. The van der Waals surface area contributed by atoms with Gasteiger partial charge in [0, 0.05) is 17.8 Å². The van der Waals surface area contributed by atoms with Crippen molar-refractivity contribution < 1.29 is 27.8 Å². The van der Waals surface area contributed by atoms with Gasteiger partial charge in [-0.15, -0.1) is 0 Å². The van der Waals surface area contributed by atoms with Crippen molar-refractivity contribution >= 4 is 5.91 Å². The average molecular weight is 366 g/mol. The zero-order valence-corrected chi connectivity index (χ0v) is 13.7. The van der Waals surface area contributed by atoms with E-state index >= 15 is 0 Å². The molecular weight excluding hydrogens is 349 g/mol. The molecule has 0 fully saturated rings. The number of halogens is 3. The molecule has 1 aliphatic rings. The van der Waals surface area contributed by atoms with E-state index in [0.29, 0.717) is 6.42 Å². The molecule has 1 unspecified atom stereocenters. The molecule has 0 spiro atoms. The molecule has 0 bridgehead atoms. The number of aromatic hydroxyl groups is 1. The number of nitrogens with zero attached hydrogens (tertiary/aromatic N) is 1. The summed E-state index contributed by atoms with van der Waals surface area (Å²) in [7, 11) is 0. The van der Waals surface area contributed by atoms with Gasteiger partial charge in [-0.2, -0.15) is 13.2 Å². The third-order valence-corrected chi connectivity index (χ3v) is 4.17. The van der Waals surface area contributed by atoms with Crippen LogP contribution < -0.4 is 10.1 Å². The molecule has 2 aromatic rings. The third kappa shape index (κ3) is 4.25. The third-order valence-electron chi connectivity index (χ3n) is 4.17. The van der Waals surface area contributed by atoms with Gasteiger partial charge >= 0.3 is 6.18 Å². The van der Waals surface area contributed by atoms with Crippen LogP contribution in [0.4, 0.5) is 13.2 Å². The van der Waals surface area contributed by atoms with Gasteiger partial charge in [-0.3, -0.25) is 4.79 Å². The molecule has 138 valence electrons. The number of carbonyl (C=O) groups excluding carboxylic acids is 1. The van der Waals surface area contributed by atoms with Crippen molar-refractivity contribution in [2.24, 2.45) is 0 Å². The van der Waals surface area contributed by atoms with E-state index in [-0.39, 0.29) is 23.2 Å². The molecule has 1 heterocycles. The van der Waals surface area contributed by atoms with Gasteiger partial charge in [0.1, 0.15) is 5.75 Å². The highest BCUT2D eigenvalue weighted by Crippen LogP contribution is 2.34. The van der Waals surface area contributed by atoms with Crippen LogP contribution in [0.3, 0.4) is 0 Å². The maximum Gasteiger partial charge on any atom is 0.422 e. The number of ether oxygens (including phenoxy) is 1. The van der Waals surface area contributed by atoms with E-state index in [0.717, 1.165) is 24.0 Å². The van der Waals surface area contributed by atoms with Crippen LogP contribution >= 0.6 is 0 Å². The molecule has 2 N–H and O–H groups in total. The van der Waals surface area contributed by atoms with Gasteiger partial charge in [0.05, 0.1) is 6.04 Å². The molecule has 26 heavy (non-hydrogen) atoms. The van der Waals surface area contributed by atoms with Crippen LogP contribution in [0, 0.1) is 0 Å². The van der Waals surface area contributed by atoms with Crippen molar-refractivity contribution in [1.82, 2.24) is 10.3 Å². The van der Waals surface area contributed by atoms with Crippen LogP contribution in [0.1, 0.15) is 40.4 Å². The summed E-state index contributed by atoms with van der Waals surface area (Å²) < 4.78 is 41.3. The van der Waals surface area contributed by atoms with E-state index < -0.39 is 18.7 Å². The molecule has 0 saturated carbocycles. The fourth-order valence-corrected chi connectivity index (χ4v) is 3.01. The quantitative estimate of drug-likeness (QED) is 0.868. The molecule has 1 aromatic heterocycles. The predicted octanol–water partition coefficient (Wildman–Crippen LogP) is 3.54. The van der Waals surface area contributed by atoms with Gasteiger partial charge < -0.3 is 15.2 Å². The Morgan fingerprint density at radius 3 is 2.92 bits per heavy atom. The zero-order valence-electron chi connectivity index (χ0n) is 13.7. The maximum absolute atomic E-state index is 12.5. The summed E-state index contributed by atoms with van der Waals surface area (Å²) in [6.07, 6.45) is -0.995.